The molecule has 6 nitrogen and oxygen atoms in total. The highest BCUT2D eigenvalue weighted by Crippen LogP contribution is 2.40. The molecule has 2 heterocycles. The third-order valence-electron chi connectivity index (χ3n) is 4.68. The fraction of sp³-hybridized carbons (Fsp3) is 0.143. The Bertz CT molecular complexity index is 1330. The zero-order valence-electron chi connectivity index (χ0n) is 16.3. The molecule has 3 N–H and O–H groups in total. The van der Waals surface area contributed by atoms with Crippen molar-refractivity contribution < 1.29 is 12.8 Å². The number of nitrogens with one attached hydrogen (secondary N) is 1. The van der Waals surface area contributed by atoms with Crippen LogP contribution in [0.15, 0.2) is 53.4 Å². The molecule has 2 aromatic carbocycles. The summed E-state index contributed by atoms with van der Waals surface area (Å²) in [6, 6.07) is 12.7. The molecule has 4 rings (SSSR count). The van der Waals surface area contributed by atoms with Crippen LogP contribution in [0, 0.1) is 19.7 Å². The van der Waals surface area contributed by atoms with Crippen molar-refractivity contribution in [3.63, 3.8) is 0 Å². The molecule has 0 fully saturated rings. The van der Waals surface area contributed by atoms with Crippen LogP contribution in [0.3, 0.4) is 0 Å². The zero-order valence-corrected chi connectivity index (χ0v) is 17.9. The highest BCUT2D eigenvalue weighted by Gasteiger charge is 2.18. The molecule has 2 aromatic heterocycles. The summed E-state index contributed by atoms with van der Waals surface area (Å²) in [6.45, 7) is 4.28. The Morgan fingerprint density at radius 3 is 2.33 bits per heavy atom. The van der Waals surface area contributed by atoms with Gasteiger partial charge >= 0.3 is 0 Å². The molecule has 4 aromatic rings. The third-order valence-corrected chi connectivity index (χ3v) is 6.61. The highest BCUT2D eigenvalue weighted by atomic mass is 32.2. The number of sulfonamides is 1. The molecule has 0 unspecified atom stereocenters. The molecular weight excluding hydrogens is 423 g/mol. The van der Waals surface area contributed by atoms with Crippen LogP contribution >= 0.6 is 11.3 Å². The van der Waals surface area contributed by atoms with Gasteiger partial charge in [0.25, 0.3) is 0 Å². The van der Waals surface area contributed by atoms with Crippen LogP contribution in [-0.2, 0) is 16.6 Å². The number of nitrogens with zero attached hydrogens (tertiary/aromatic N) is 2. The maximum Gasteiger partial charge on any atom is 0.238 e. The van der Waals surface area contributed by atoms with E-state index in [1.165, 1.54) is 24.3 Å². The van der Waals surface area contributed by atoms with Crippen molar-refractivity contribution in [2.75, 3.05) is 5.32 Å². The predicted octanol–water partition coefficient (Wildman–Crippen LogP) is 4.37. The van der Waals surface area contributed by atoms with E-state index in [4.69, 9.17) is 5.14 Å². The van der Waals surface area contributed by atoms with Gasteiger partial charge in [0.1, 0.15) is 22.3 Å². The van der Waals surface area contributed by atoms with Crippen LogP contribution in [0.5, 0.6) is 0 Å². The summed E-state index contributed by atoms with van der Waals surface area (Å²) in [7, 11) is -3.72. The van der Waals surface area contributed by atoms with Crippen molar-refractivity contribution >= 4 is 37.4 Å². The van der Waals surface area contributed by atoms with Crippen molar-refractivity contribution in [2.24, 2.45) is 5.14 Å². The molecule has 0 amide bonds. The lowest BCUT2D eigenvalue weighted by molar-refractivity contribution is 0.597. The van der Waals surface area contributed by atoms with Crippen LogP contribution in [0.25, 0.3) is 21.3 Å². The number of halogens is 1. The smallest absolute Gasteiger partial charge is 0.238 e. The van der Waals surface area contributed by atoms with E-state index < -0.39 is 10.0 Å². The normalized spacial score (nSPS) is 11.7. The highest BCUT2D eigenvalue weighted by molar-refractivity contribution is 7.89. The van der Waals surface area contributed by atoms with E-state index >= 15 is 0 Å². The quantitative estimate of drug-likeness (QED) is 0.478. The molecule has 0 aliphatic heterocycles. The summed E-state index contributed by atoms with van der Waals surface area (Å²) in [5.74, 6) is 1.03. The summed E-state index contributed by atoms with van der Waals surface area (Å²) in [6.07, 6.45) is 0. The number of hydrogen-bond donors (Lipinski definition) is 2. The summed E-state index contributed by atoms with van der Waals surface area (Å²) in [5, 5.41) is 9.38. The third kappa shape index (κ3) is 4.04. The van der Waals surface area contributed by atoms with Gasteiger partial charge in [-0.15, -0.1) is 11.3 Å². The Kier molecular flexibility index (Phi) is 5.27. The van der Waals surface area contributed by atoms with Crippen molar-refractivity contribution in [3.05, 3.63) is 70.6 Å². The minimum atomic E-state index is -3.72. The number of aryl methyl sites for hydroxylation is 2. The molecule has 0 saturated heterocycles. The molecular formula is C21H19FN4O2S2. The van der Waals surface area contributed by atoms with Crippen molar-refractivity contribution in [3.8, 4) is 11.1 Å². The van der Waals surface area contributed by atoms with E-state index in [-0.39, 0.29) is 10.7 Å². The SMILES string of the molecule is Cc1nc(NCc2ccc(S(N)(=O)=O)cc2)c2c(-c3ccc(F)cc3)c(C)sc2n1. The summed E-state index contributed by atoms with van der Waals surface area (Å²) in [4.78, 5) is 11.1. The van der Waals surface area contributed by atoms with Crippen molar-refractivity contribution in [1.82, 2.24) is 9.97 Å². The lowest BCUT2D eigenvalue weighted by atomic mass is 10.0. The number of nitrogens with two attached hydrogens (primary N) is 1. The Hall–Kier alpha value is -2.88. The van der Waals surface area contributed by atoms with Gasteiger partial charge in [-0.3, -0.25) is 0 Å². The monoisotopic (exact) mass is 442 g/mol. The second-order valence-electron chi connectivity index (χ2n) is 6.88. The van der Waals surface area contributed by atoms with Gasteiger partial charge in [0.05, 0.1) is 10.3 Å². The molecule has 0 saturated carbocycles. The molecule has 0 aliphatic carbocycles. The molecule has 154 valence electrons. The average Bonchev–Trinajstić information content (AvgIpc) is 3.02. The Morgan fingerprint density at radius 1 is 1.03 bits per heavy atom. The van der Waals surface area contributed by atoms with E-state index in [9.17, 15) is 12.8 Å². The molecule has 9 heteroatoms. The molecule has 0 bridgehead atoms. The second-order valence-corrected chi connectivity index (χ2v) is 9.65. The maximum atomic E-state index is 13.4. The number of benzene rings is 2. The largest absolute Gasteiger partial charge is 0.365 e. The first-order chi connectivity index (χ1) is 14.2. The number of primary sulfonamides is 1. The lowest BCUT2D eigenvalue weighted by Crippen LogP contribution is -2.12. The van der Waals surface area contributed by atoms with E-state index in [0.717, 1.165) is 31.8 Å². The van der Waals surface area contributed by atoms with Gasteiger partial charge in [0.15, 0.2) is 0 Å². The van der Waals surface area contributed by atoms with Gasteiger partial charge in [-0.1, -0.05) is 24.3 Å². The Labute approximate surface area is 177 Å². The number of thiophene rings is 1. The van der Waals surface area contributed by atoms with Crippen LogP contribution in [0.4, 0.5) is 10.2 Å². The fourth-order valence-electron chi connectivity index (χ4n) is 3.29. The molecule has 30 heavy (non-hydrogen) atoms. The first kappa shape index (κ1) is 20.4. The van der Waals surface area contributed by atoms with Crippen molar-refractivity contribution in [2.45, 2.75) is 25.3 Å². The Morgan fingerprint density at radius 2 is 1.70 bits per heavy atom. The molecule has 0 aliphatic rings. The van der Waals surface area contributed by atoms with E-state index in [1.54, 1.807) is 35.6 Å². The Balaban J connectivity index is 1.72. The first-order valence-corrected chi connectivity index (χ1v) is 11.5. The summed E-state index contributed by atoms with van der Waals surface area (Å²) >= 11 is 1.57. The van der Waals surface area contributed by atoms with E-state index in [1.807, 2.05) is 13.8 Å². The topological polar surface area (TPSA) is 98.0 Å². The maximum absolute atomic E-state index is 13.4. The van der Waals surface area contributed by atoms with Crippen LogP contribution < -0.4 is 10.5 Å². The number of aromatic nitrogens is 2. The summed E-state index contributed by atoms with van der Waals surface area (Å²) in [5.41, 5.74) is 2.75. The van der Waals surface area contributed by atoms with Gasteiger partial charge in [0, 0.05) is 17.0 Å². The van der Waals surface area contributed by atoms with E-state index in [2.05, 4.69) is 15.3 Å². The van der Waals surface area contributed by atoms with Crippen LogP contribution in [0.2, 0.25) is 0 Å². The summed E-state index contributed by atoms with van der Waals surface area (Å²) < 4.78 is 36.3. The molecule has 0 spiro atoms. The van der Waals surface area contributed by atoms with Gasteiger partial charge in [-0.05, 0) is 49.2 Å². The fourth-order valence-corrected chi connectivity index (χ4v) is 4.90. The van der Waals surface area contributed by atoms with E-state index in [0.29, 0.717) is 18.2 Å². The number of hydrogen-bond acceptors (Lipinski definition) is 6. The van der Waals surface area contributed by atoms with Crippen LogP contribution in [0.1, 0.15) is 16.3 Å². The molecule has 0 atom stereocenters. The van der Waals surface area contributed by atoms with Crippen molar-refractivity contribution in [1.29, 1.82) is 0 Å². The van der Waals surface area contributed by atoms with Gasteiger partial charge in [-0.2, -0.15) is 0 Å². The second kappa shape index (κ2) is 7.75. The average molecular weight is 443 g/mol. The van der Waals surface area contributed by atoms with Gasteiger partial charge in [0.2, 0.25) is 10.0 Å². The predicted molar refractivity (Wildman–Crippen MR) is 117 cm³/mol. The number of rotatable bonds is 5. The standard InChI is InChI=1S/C21H19FN4O2S2/c1-12-18(15-5-7-16(22)8-6-15)19-20(25-13(2)26-21(19)29-12)24-11-14-3-9-17(10-4-14)30(23,27)28/h3-10H,11H2,1-2H3,(H2,23,27,28)(H,24,25,26). The zero-order chi connectivity index (χ0) is 21.5. The van der Waals surface area contributed by atoms with Gasteiger partial charge in [-0.25, -0.2) is 27.9 Å². The first-order valence-electron chi connectivity index (χ1n) is 9.11. The minimum Gasteiger partial charge on any atom is -0.365 e. The van der Waals surface area contributed by atoms with Crippen LogP contribution in [-0.4, -0.2) is 18.4 Å². The lowest BCUT2D eigenvalue weighted by Gasteiger charge is -2.11. The van der Waals surface area contributed by atoms with Gasteiger partial charge < -0.3 is 5.32 Å². The number of fused-ring (bicyclic) bond motifs is 1. The number of anilines is 1. The molecule has 0 radical (unpaired) electrons. The minimum absolute atomic E-state index is 0.0681.